The van der Waals surface area contributed by atoms with Crippen molar-refractivity contribution in [2.24, 2.45) is 0 Å². The van der Waals surface area contributed by atoms with E-state index in [9.17, 15) is 0 Å². The highest BCUT2D eigenvalue weighted by Crippen LogP contribution is 2.33. The van der Waals surface area contributed by atoms with Crippen molar-refractivity contribution in [2.45, 2.75) is 40.0 Å². The molecule has 0 aliphatic carbocycles. The number of aryl methyl sites for hydroxylation is 1. The molecule has 0 spiro atoms. The summed E-state index contributed by atoms with van der Waals surface area (Å²) in [7, 11) is 1.70. The van der Waals surface area contributed by atoms with Crippen LogP contribution in [-0.4, -0.2) is 18.6 Å². The lowest BCUT2D eigenvalue weighted by atomic mass is 9.99. The minimum atomic E-state index is 0.442. The molecule has 0 atom stereocenters. The predicted molar refractivity (Wildman–Crippen MR) is 85.9 cm³/mol. The Balaban J connectivity index is 2.67. The second kappa shape index (κ2) is 6.12. The van der Waals surface area contributed by atoms with Crippen LogP contribution in [0.4, 0.5) is 5.82 Å². The molecule has 0 amide bonds. The second-order valence-electron chi connectivity index (χ2n) is 5.49. The molecule has 1 heterocycles. The van der Waals surface area contributed by atoms with Crippen molar-refractivity contribution >= 4 is 16.7 Å². The van der Waals surface area contributed by atoms with Gasteiger partial charge < -0.3 is 10.1 Å². The molecular formula is C17H24N2O. The van der Waals surface area contributed by atoms with E-state index in [-0.39, 0.29) is 0 Å². The topological polar surface area (TPSA) is 34.2 Å². The lowest BCUT2D eigenvalue weighted by Crippen LogP contribution is -2.07. The third-order valence-corrected chi connectivity index (χ3v) is 3.58. The predicted octanol–water partition coefficient (Wildman–Crippen LogP) is 4.50. The van der Waals surface area contributed by atoms with Gasteiger partial charge in [0, 0.05) is 11.9 Å². The molecule has 2 aromatic rings. The van der Waals surface area contributed by atoms with Crippen molar-refractivity contribution in [2.75, 3.05) is 19.0 Å². The maximum atomic E-state index is 5.45. The fraction of sp³-hybridized carbons (Fsp3) is 0.471. The summed E-state index contributed by atoms with van der Waals surface area (Å²) in [5, 5.41) is 4.62. The first-order chi connectivity index (χ1) is 9.58. The molecule has 20 heavy (non-hydrogen) atoms. The Morgan fingerprint density at radius 1 is 1.30 bits per heavy atom. The fourth-order valence-corrected chi connectivity index (χ4v) is 2.38. The highest BCUT2D eigenvalue weighted by molar-refractivity contribution is 5.89. The Bertz CT molecular complexity index is 605. The van der Waals surface area contributed by atoms with Gasteiger partial charge in [-0.3, -0.25) is 0 Å². The Kier molecular flexibility index (Phi) is 4.48. The zero-order valence-corrected chi connectivity index (χ0v) is 13.1. The minimum absolute atomic E-state index is 0.442. The lowest BCUT2D eigenvalue weighted by molar-refractivity contribution is 0.419. The molecule has 0 aliphatic heterocycles. The number of aromatic nitrogens is 1. The summed E-state index contributed by atoms with van der Waals surface area (Å²) in [5.74, 6) is 2.26. The van der Waals surface area contributed by atoms with Gasteiger partial charge in [-0.1, -0.05) is 26.8 Å². The number of hydrogen-bond donors (Lipinski definition) is 1. The molecule has 0 unspecified atom stereocenters. The number of benzene rings is 1. The number of ether oxygens (including phenoxy) is 1. The molecule has 0 aliphatic rings. The van der Waals surface area contributed by atoms with E-state index in [4.69, 9.17) is 9.72 Å². The van der Waals surface area contributed by atoms with Crippen molar-refractivity contribution in [1.82, 2.24) is 4.98 Å². The van der Waals surface area contributed by atoms with E-state index in [1.54, 1.807) is 7.11 Å². The summed E-state index contributed by atoms with van der Waals surface area (Å²) in [6.07, 6.45) is 1.09. The van der Waals surface area contributed by atoms with Crippen molar-refractivity contribution in [3.05, 3.63) is 29.3 Å². The maximum absolute atomic E-state index is 5.45. The molecule has 2 rings (SSSR count). The lowest BCUT2D eigenvalue weighted by Gasteiger charge is -2.17. The first-order valence-electron chi connectivity index (χ1n) is 7.30. The summed E-state index contributed by atoms with van der Waals surface area (Å²) in [6, 6.07) is 6.33. The number of rotatable bonds is 5. The number of anilines is 1. The monoisotopic (exact) mass is 272 g/mol. The molecule has 1 aromatic carbocycles. The molecular weight excluding hydrogens is 248 g/mol. The fourth-order valence-electron chi connectivity index (χ4n) is 2.38. The number of nitrogens with zero attached hydrogens (tertiary/aromatic N) is 1. The smallest absolute Gasteiger partial charge is 0.145 e. The molecule has 3 heteroatoms. The zero-order chi connectivity index (χ0) is 14.7. The largest absolute Gasteiger partial charge is 0.494 e. The third kappa shape index (κ3) is 2.72. The van der Waals surface area contributed by atoms with Gasteiger partial charge in [-0.25, -0.2) is 4.98 Å². The summed E-state index contributed by atoms with van der Waals surface area (Å²) in [6.45, 7) is 9.62. The van der Waals surface area contributed by atoms with E-state index in [0.717, 1.165) is 30.0 Å². The molecule has 0 radical (unpaired) electrons. The average molecular weight is 272 g/mol. The third-order valence-electron chi connectivity index (χ3n) is 3.58. The van der Waals surface area contributed by atoms with Gasteiger partial charge in [-0.15, -0.1) is 0 Å². The van der Waals surface area contributed by atoms with Crippen LogP contribution in [0.3, 0.4) is 0 Å². The molecule has 0 saturated carbocycles. The summed E-state index contributed by atoms with van der Waals surface area (Å²) >= 11 is 0. The molecule has 3 nitrogen and oxygen atoms in total. The van der Waals surface area contributed by atoms with E-state index in [0.29, 0.717) is 5.92 Å². The maximum Gasteiger partial charge on any atom is 0.145 e. The van der Waals surface area contributed by atoms with Gasteiger partial charge in [0.1, 0.15) is 17.1 Å². The highest BCUT2D eigenvalue weighted by atomic mass is 16.5. The molecule has 0 fully saturated rings. The number of hydrogen-bond acceptors (Lipinski definition) is 3. The normalized spacial score (nSPS) is 11.1. The van der Waals surface area contributed by atoms with E-state index < -0.39 is 0 Å². The zero-order valence-electron chi connectivity index (χ0n) is 13.1. The van der Waals surface area contributed by atoms with Crippen LogP contribution in [0.2, 0.25) is 0 Å². The van der Waals surface area contributed by atoms with Crippen LogP contribution < -0.4 is 10.1 Å². The Morgan fingerprint density at radius 2 is 2.05 bits per heavy atom. The first kappa shape index (κ1) is 14.6. The van der Waals surface area contributed by atoms with Crippen LogP contribution in [0.25, 0.3) is 10.9 Å². The molecule has 1 aromatic heterocycles. The van der Waals surface area contributed by atoms with E-state index in [1.165, 1.54) is 16.5 Å². The Labute approximate surface area is 121 Å². The van der Waals surface area contributed by atoms with Crippen molar-refractivity contribution in [3.8, 4) is 5.75 Å². The van der Waals surface area contributed by atoms with Crippen molar-refractivity contribution in [3.63, 3.8) is 0 Å². The number of pyridine rings is 1. The van der Waals surface area contributed by atoms with Gasteiger partial charge in [-0.2, -0.15) is 0 Å². The average Bonchev–Trinajstić information content (AvgIpc) is 2.44. The Hall–Kier alpha value is -1.77. The molecule has 108 valence electrons. The molecule has 0 bridgehead atoms. The van der Waals surface area contributed by atoms with E-state index in [2.05, 4.69) is 45.1 Å². The SMILES string of the molecule is CCCNc1nc2c(OC)ccc(C)c2cc1C(C)C. The van der Waals surface area contributed by atoms with Crippen LogP contribution in [0.1, 0.15) is 44.2 Å². The van der Waals surface area contributed by atoms with Crippen LogP contribution in [0.5, 0.6) is 5.75 Å². The summed E-state index contributed by atoms with van der Waals surface area (Å²) in [5.41, 5.74) is 3.44. The number of methoxy groups -OCH3 is 1. The minimum Gasteiger partial charge on any atom is -0.494 e. The second-order valence-corrected chi connectivity index (χ2v) is 5.49. The van der Waals surface area contributed by atoms with E-state index >= 15 is 0 Å². The van der Waals surface area contributed by atoms with Gasteiger partial charge in [0.05, 0.1) is 7.11 Å². The van der Waals surface area contributed by atoms with Crippen molar-refractivity contribution < 1.29 is 4.74 Å². The van der Waals surface area contributed by atoms with Gasteiger partial charge in [0.15, 0.2) is 0 Å². The molecule has 0 saturated heterocycles. The highest BCUT2D eigenvalue weighted by Gasteiger charge is 2.13. The van der Waals surface area contributed by atoms with Crippen LogP contribution in [-0.2, 0) is 0 Å². The summed E-state index contributed by atoms with van der Waals surface area (Å²) < 4.78 is 5.45. The van der Waals surface area contributed by atoms with Crippen LogP contribution in [0, 0.1) is 6.92 Å². The standard InChI is InChI=1S/C17H24N2O/c1-6-9-18-17-13(11(2)3)10-14-12(4)7-8-15(20-5)16(14)19-17/h7-8,10-11H,6,9H2,1-5H3,(H,18,19). The van der Waals surface area contributed by atoms with Gasteiger partial charge in [0.25, 0.3) is 0 Å². The first-order valence-corrected chi connectivity index (χ1v) is 7.30. The quantitative estimate of drug-likeness (QED) is 0.870. The number of fused-ring (bicyclic) bond motifs is 1. The molecule has 1 N–H and O–H groups in total. The van der Waals surface area contributed by atoms with Gasteiger partial charge >= 0.3 is 0 Å². The van der Waals surface area contributed by atoms with Gasteiger partial charge in [0.2, 0.25) is 0 Å². The van der Waals surface area contributed by atoms with Crippen LogP contribution >= 0.6 is 0 Å². The Morgan fingerprint density at radius 3 is 2.65 bits per heavy atom. The van der Waals surface area contributed by atoms with E-state index in [1.807, 2.05) is 6.07 Å². The number of nitrogens with one attached hydrogen (secondary N) is 1. The summed E-state index contributed by atoms with van der Waals surface area (Å²) in [4.78, 5) is 4.83. The van der Waals surface area contributed by atoms with Crippen molar-refractivity contribution in [1.29, 1.82) is 0 Å². The van der Waals surface area contributed by atoms with Gasteiger partial charge in [-0.05, 0) is 42.5 Å². The van der Waals surface area contributed by atoms with Crippen LogP contribution in [0.15, 0.2) is 18.2 Å².